The van der Waals surface area contributed by atoms with E-state index in [1.54, 1.807) is 18.2 Å². The standard InChI is InChI=1S/C25H30FN3O.C7H9NOS.C2H6/c1-18(22-9-5-6-10-23(22)26)15-25(30)29(17-24-27-13-14-28(24)2)21-12-11-19-7-3-4-8-20(19)16-21;1-6-3-2-4-7(5-6)10(8)9;1-2/h5-6,9-12,16,18H,3-4,7-8,13-15,17H2,1-2H3;2-5H,8H2,1H3;1-2H3. The Bertz CT molecular complexity index is 1390. The van der Waals surface area contributed by atoms with Gasteiger partial charge >= 0.3 is 0 Å². The highest BCUT2D eigenvalue weighted by Gasteiger charge is 2.25. The molecule has 0 bridgehead atoms. The maximum Gasteiger partial charge on any atom is 0.228 e. The van der Waals surface area contributed by atoms with Crippen molar-refractivity contribution in [2.24, 2.45) is 10.1 Å². The van der Waals surface area contributed by atoms with Crippen molar-refractivity contribution in [3.63, 3.8) is 0 Å². The van der Waals surface area contributed by atoms with E-state index >= 15 is 0 Å². The topological polar surface area (TPSA) is 79.0 Å². The summed E-state index contributed by atoms with van der Waals surface area (Å²) in [5.41, 5.74) is 5.33. The van der Waals surface area contributed by atoms with Gasteiger partial charge in [-0.25, -0.2) is 13.7 Å². The van der Waals surface area contributed by atoms with Crippen LogP contribution >= 0.6 is 0 Å². The van der Waals surface area contributed by atoms with Crippen LogP contribution in [0.2, 0.25) is 0 Å². The van der Waals surface area contributed by atoms with Crippen LogP contribution in [0.1, 0.15) is 68.2 Å². The summed E-state index contributed by atoms with van der Waals surface area (Å²) in [4.78, 5) is 22.7. The number of anilines is 1. The molecule has 2 atom stereocenters. The maximum atomic E-state index is 14.2. The van der Waals surface area contributed by atoms with Gasteiger partial charge in [0.15, 0.2) is 0 Å². The van der Waals surface area contributed by atoms with Crippen LogP contribution in [-0.4, -0.2) is 47.5 Å². The largest absolute Gasteiger partial charge is 0.360 e. The molecule has 3 aromatic carbocycles. The summed E-state index contributed by atoms with van der Waals surface area (Å²) >= 11 is 0. The SMILES string of the molecule is CC.CC(CC(=O)N(CC1=NCCN1C)c1ccc2c(c1)CCCC2)c1ccccc1F.Cc1cccc(S(N)=O)c1. The fourth-order valence-corrected chi connectivity index (χ4v) is 5.71. The van der Waals surface area contributed by atoms with Crippen LogP contribution in [0.15, 0.2) is 76.6 Å². The van der Waals surface area contributed by atoms with Gasteiger partial charge in [-0.2, -0.15) is 0 Å². The van der Waals surface area contributed by atoms with Crippen LogP contribution in [-0.2, 0) is 28.6 Å². The maximum absolute atomic E-state index is 14.2. The molecule has 0 fully saturated rings. The lowest BCUT2D eigenvalue weighted by Crippen LogP contribution is -2.40. The number of nitrogens with two attached hydrogens (primary N) is 1. The smallest absolute Gasteiger partial charge is 0.228 e. The number of aliphatic imine (C=N–C) groups is 1. The van der Waals surface area contributed by atoms with Crippen molar-refractivity contribution in [2.45, 2.75) is 70.6 Å². The molecule has 2 unspecified atom stereocenters. The molecule has 0 saturated carbocycles. The first-order chi connectivity index (χ1) is 20.2. The third-order valence-corrected chi connectivity index (χ3v) is 8.27. The molecule has 5 rings (SSSR count). The first-order valence-corrected chi connectivity index (χ1v) is 16.1. The zero-order valence-electron chi connectivity index (χ0n) is 25.6. The Balaban J connectivity index is 0.000000340. The number of likely N-dealkylation sites (N-methyl/N-ethyl adjacent to an activating group) is 1. The predicted octanol–water partition coefficient (Wildman–Crippen LogP) is 6.58. The number of amidine groups is 1. The zero-order valence-corrected chi connectivity index (χ0v) is 26.4. The quantitative estimate of drug-likeness (QED) is 0.337. The average Bonchev–Trinajstić information content (AvgIpc) is 3.41. The predicted molar refractivity (Wildman–Crippen MR) is 173 cm³/mol. The van der Waals surface area contributed by atoms with Crippen LogP contribution in [0, 0.1) is 12.7 Å². The molecule has 1 amide bonds. The molecule has 1 aliphatic heterocycles. The fraction of sp³-hybridized carbons (Fsp3) is 0.412. The normalized spacial score (nSPS) is 15.2. The van der Waals surface area contributed by atoms with Crippen molar-refractivity contribution < 1.29 is 13.4 Å². The van der Waals surface area contributed by atoms with E-state index in [-0.39, 0.29) is 24.1 Å². The molecule has 2 N–H and O–H groups in total. The van der Waals surface area contributed by atoms with Crippen LogP contribution in [0.3, 0.4) is 0 Å². The molecule has 0 aromatic heterocycles. The van der Waals surface area contributed by atoms with E-state index < -0.39 is 11.0 Å². The number of hydrogen-bond acceptors (Lipinski definition) is 4. The second kappa shape index (κ2) is 16.3. The molecule has 0 spiro atoms. The Labute approximate surface area is 253 Å². The molecule has 226 valence electrons. The summed E-state index contributed by atoms with van der Waals surface area (Å²) in [7, 11) is 0.678. The van der Waals surface area contributed by atoms with E-state index in [1.165, 1.54) is 30.0 Å². The minimum absolute atomic E-state index is 0.00418. The second-order valence-corrected chi connectivity index (χ2v) is 11.7. The lowest BCUT2D eigenvalue weighted by Gasteiger charge is -2.28. The molecule has 1 heterocycles. The van der Waals surface area contributed by atoms with Crippen molar-refractivity contribution in [1.29, 1.82) is 0 Å². The summed E-state index contributed by atoms with van der Waals surface area (Å²) in [6.45, 7) is 9.96. The number of hydrogen-bond donors (Lipinski definition) is 1. The van der Waals surface area contributed by atoms with E-state index in [9.17, 15) is 13.4 Å². The molecule has 8 heteroatoms. The molecular weight excluding hydrogens is 547 g/mol. The summed E-state index contributed by atoms with van der Waals surface area (Å²) in [5, 5.41) is 5.15. The van der Waals surface area contributed by atoms with Gasteiger partial charge in [0.25, 0.3) is 0 Å². The third kappa shape index (κ3) is 9.07. The van der Waals surface area contributed by atoms with Crippen molar-refractivity contribution >= 4 is 28.4 Å². The monoisotopic (exact) mass is 592 g/mol. The van der Waals surface area contributed by atoms with Crippen LogP contribution < -0.4 is 10.0 Å². The van der Waals surface area contributed by atoms with Crippen molar-refractivity contribution in [2.75, 3.05) is 31.6 Å². The van der Waals surface area contributed by atoms with Crippen LogP contribution in [0.25, 0.3) is 0 Å². The Hall–Kier alpha value is -3.36. The van der Waals surface area contributed by atoms with E-state index in [1.807, 2.05) is 63.9 Å². The molecule has 2 aliphatic rings. The first-order valence-electron chi connectivity index (χ1n) is 14.9. The van der Waals surface area contributed by atoms with Gasteiger partial charge < -0.3 is 9.80 Å². The van der Waals surface area contributed by atoms with Gasteiger partial charge in [0.05, 0.1) is 18.0 Å². The van der Waals surface area contributed by atoms with E-state index in [4.69, 9.17) is 5.14 Å². The number of aryl methyl sites for hydroxylation is 3. The van der Waals surface area contributed by atoms with E-state index in [2.05, 4.69) is 28.1 Å². The number of halogens is 1. The average molecular weight is 593 g/mol. The van der Waals surface area contributed by atoms with Gasteiger partial charge in [-0.3, -0.25) is 9.79 Å². The highest BCUT2D eigenvalue weighted by atomic mass is 32.2. The Morgan fingerprint density at radius 2 is 1.76 bits per heavy atom. The van der Waals surface area contributed by atoms with Gasteiger partial charge in [0.2, 0.25) is 5.91 Å². The summed E-state index contributed by atoms with van der Waals surface area (Å²) in [6.07, 6.45) is 4.87. The van der Waals surface area contributed by atoms with Gasteiger partial charge in [-0.1, -0.05) is 57.2 Å². The van der Waals surface area contributed by atoms with E-state index in [0.717, 1.165) is 43.0 Å². The highest BCUT2D eigenvalue weighted by Crippen LogP contribution is 2.29. The molecule has 0 saturated heterocycles. The second-order valence-electron chi connectivity index (χ2n) is 10.6. The van der Waals surface area contributed by atoms with Gasteiger partial charge in [0.1, 0.15) is 22.6 Å². The number of carbonyl (C=O) groups excluding carboxylic acids is 1. The number of benzene rings is 3. The van der Waals surface area contributed by atoms with Gasteiger partial charge in [-0.05, 0) is 91.1 Å². The number of rotatable bonds is 7. The first kappa shape index (κ1) is 33.1. The Morgan fingerprint density at radius 1 is 1.05 bits per heavy atom. The number of nitrogens with zero attached hydrogens (tertiary/aromatic N) is 3. The molecule has 3 aromatic rings. The molecular formula is C34H45FN4O2S. The summed E-state index contributed by atoms with van der Waals surface area (Å²) < 4.78 is 24.9. The third-order valence-electron chi connectivity index (χ3n) is 7.55. The highest BCUT2D eigenvalue weighted by molar-refractivity contribution is 7.82. The lowest BCUT2D eigenvalue weighted by molar-refractivity contribution is -0.118. The zero-order chi connectivity index (χ0) is 30.6. The van der Waals surface area contributed by atoms with Crippen molar-refractivity contribution in [1.82, 2.24) is 4.90 Å². The number of fused-ring (bicyclic) bond motifs is 1. The molecule has 6 nitrogen and oxygen atoms in total. The Morgan fingerprint density at radius 3 is 2.38 bits per heavy atom. The van der Waals surface area contributed by atoms with Crippen LogP contribution in [0.5, 0.6) is 0 Å². The van der Waals surface area contributed by atoms with Crippen molar-refractivity contribution in [3.8, 4) is 0 Å². The summed E-state index contributed by atoms with van der Waals surface area (Å²) in [6, 6.07) is 20.5. The minimum atomic E-state index is -1.34. The van der Waals surface area contributed by atoms with Crippen molar-refractivity contribution in [3.05, 3.63) is 94.8 Å². The minimum Gasteiger partial charge on any atom is -0.360 e. The summed E-state index contributed by atoms with van der Waals surface area (Å²) in [5.74, 6) is 0.490. The van der Waals surface area contributed by atoms with Gasteiger partial charge in [-0.15, -0.1) is 0 Å². The van der Waals surface area contributed by atoms with Gasteiger partial charge in [0, 0.05) is 25.7 Å². The Kier molecular flexibility index (Phi) is 12.9. The molecule has 1 aliphatic carbocycles. The van der Waals surface area contributed by atoms with Crippen LogP contribution in [0.4, 0.5) is 10.1 Å². The number of carbonyl (C=O) groups is 1. The molecule has 0 radical (unpaired) electrons. The molecule has 42 heavy (non-hydrogen) atoms. The lowest BCUT2D eigenvalue weighted by atomic mass is 9.91. The fourth-order valence-electron chi connectivity index (χ4n) is 5.20. The number of amides is 1. The van der Waals surface area contributed by atoms with E-state index in [0.29, 0.717) is 17.0 Å².